The molecular formula is C6H12NaO. The van der Waals surface area contributed by atoms with Gasteiger partial charge >= 0.3 is 0 Å². The van der Waals surface area contributed by atoms with Crippen LogP contribution >= 0.6 is 0 Å². The predicted molar refractivity (Wildman–Crippen MR) is 36.8 cm³/mol. The van der Waals surface area contributed by atoms with E-state index in [1.54, 1.807) is 0 Å². The molecule has 0 unspecified atom stereocenters. The van der Waals surface area contributed by atoms with Gasteiger partial charge in [0, 0.05) is 29.6 Å². The summed E-state index contributed by atoms with van der Waals surface area (Å²) in [5, 5.41) is 0. The molecule has 0 fully saturated rings. The Bertz CT molecular complexity index is 63.4. The van der Waals surface area contributed by atoms with Gasteiger partial charge in [-0.05, 0) is 20.8 Å². The van der Waals surface area contributed by atoms with Crippen LogP contribution in [-0.2, 0) is 4.74 Å². The second-order valence-electron chi connectivity index (χ2n) is 2.40. The van der Waals surface area contributed by atoms with Crippen molar-refractivity contribution in [1.82, 2.24) is 0 Å². The summed E-state index contributed by atoms with van der Waals surface area (Å²) < 4.78 is 4.99. The van der Waals surface area contributed by atoms with Crippen LogP contribution in [0.2, 0.25) is 0 Å². The maximum absolute atomic E-state index is 4.99. The van der Waals surface area contributed by atoms with Crippen LogP contribution in [0.4, 0.5) is 0 Å². The molecule has 0 aromatic carbocycles. The molecule has 0 amide bonds. The fourth-order valence-corrected chi connectivity index (χ4v) is 0.250. The number of ether oxygens (including phenoxy) is 1. The largest absolute Gasteiger partial charge is 0.496 e. The first-order valence-electron chi connectivity index (χ1n) is 2.35. The molecule has 0 rings (SSSR count). The molecule has 0 saturated heterocycles. The van der Waals surface area contributed by atoms with Crippen molar-refractivity contribution in [3.63, 3.8) is 0 Å². The Morgan fingerprint density at radius 1 is 1.38 bits per heavy atom. The van der Waals surface area contributed by atoms with E-state index in [-0.39, 0.29) is 35.2 Å². The molecule has 0 bridgehead atoms. The van der Waals surface area contributed by atoms with Crippen molar-refractivity contribution in [3.8, 4) is 0 Å². The van der Waals surface area contributed by atoms with Gasteiger partial charge in [-0.2, -0.15) is 0 Å². The van der Waals surface area contributed by atoms with Crippen LogP contribution in [0.25, 0.3) is 0 Å². The first-order chi connectivity index (χ1) is 3.06. The second-order valence-corrected chi connectivity index (χ2v) is 2.40. The summed E-state index contributed by atoms with van der Waals surface area (Å²) >= 11 is 0. The molecule has 0 aliphatic heterocycles. The quantitative estimate of drug-likeness (QED) is 0.380. The van der Waals surface area contributed by atoms with Crippen molar-refractivity contribution in [2.75, 3.05) is 0 Å². The van der Waals surface area contributed by atoms with Crippen LogP contribution in [0.1, 0.15) is 20.8 Å². The van der Waals surface area contributed by atoms with Gasteiger partial charge in [-0.15, -0.1) is 0 Å². The molecule has 0 atom stereocenters. The average Bonchev–Trinajstić information content (AvgIpc) is 1.30. The number of hydrogen-bond acceptors (Lipinski definition) is 1. The van der Waals surface area contributed by atoms with E-state index in [9.17, 15) is 0 Å². The van der Waals surface area contributed by atoms with Gasteiger partial charge in [0.1, 0.15) is 0 Å². The van der Waals surface area contributed by atoms with Crippen LogP contribution in [0.5, 0.6) is 0 Å². The summed E-state index contributed by atoms with van der Waals surface area (Å²) in [7, 11) is 0. The smallest absolute Gasteiger partial charge is 0.0997 e. The summed E-state index contributed by atoms with van der Waals surface area (Å²) in [6, 6.07) is 0. The van der Waals surface area contributed by atoms with Crippen molar-refractivity contribution < 1.29 is 4.74 Å². The Labute approximate surface area is 73.4 Å². The third kappa shape index (κ3) is 9.74. The molecule has 0 aliphatic rings. The van der Waals surface area contributed by atoms with Gasteiger partial charge in [0.25, 0.3) is 0 Å². The van der Waals surface area contributed by atoms with Crippen LogP contribution < -0.4 is 0 Å². The molecule has 8 heavy (non-hydrogen) atoms. The summed E-state index contributed by atoms with van der Waals surface area (Å²) in [6.45, 7) is 9.37. The third-order valence-electron chi connectivity index (χ3n) is 0.437. The molecule has 0 heterocycles. The maximum Gasteiger partial charge on any atom is 0.0997 e. The Balaban J connectivity index is 0. The molecule has 1 radical (unpaired) electrons. The van der Waals surface area contributed by atoms with Gasteiger partial charge < -0.3 is 4.74 Å². The van der Waals surface area contributed by atoms with Crippen LogP contribution in [0.15, 0.2) is 12.8 Å². The van der Waals surface area contributed by atoms with Gasteiger partial charge in [0.05, 0.1) is 11.9 Å². The minimum absolute atomic E-state index is 0. The van der Waals surface area contributed by atoms with E-state index in [0.29, 0.717) is 0 Å². The molecule has 43 valence electrons. The van der Waals surface area contributed by atoms with E-state index in [0.717, 1.165) is 0 Å². The minimum Gasteiger partial charge on any atom is -0.496 e. The van der Waals surface area contributed by atoms with Crippen molar-refractivity contribution in [1.29, 1.82) is 0 Å². The zero-order chi connectivity index (χ0) is 5.91. The van der Waals surface area contributed by atoms with E-state index in [1.165, 1.54) is 6.26 Å². The van der Waals surface area contributed by atoms with E-state index in [4.69, 9.17) is 4.74 Å². The summed E-state index contributed by atoms with van der Waals surface area (Å²) in [6.07, 6.45) is 1.46. The summed E-state index contributed by atoms with van der Waals surface area (Å²) in [4.78, 5) is 0. The molecule has 0 spiro atoms. The molecular weight excluding hydrogens is 111 g/mol. The topological polar surface area (TPSA) is 9.23 Å². The second kappa shape index (κ2) is 4.42. The zero-order valence-electron chi connectivity index (χ0n) is 6.19. The van der Waals surface area contributed by atoms with Crippen molar-refractivity contribution in [2.45, 2.75) is 26.4 Å². The van der Waals surface area contributed by atoms with E-state index >= 15 is 0 Å². The first-order valence-corrected chi connectivity index (χ1v) is 2.35. The van der Waals surface area contributed by atoms with E-state index < -0.39 is 0 Å². The number of rotatable bonds is 1. The van der Waals surface area contributed by atoms with E-state index in [1.807, 2.05) is 20.8 Å². The van der Waals surface area contributed by atoms with Gasteiger partial charge in [0.2, 0.25) is 0 Å². The Hall–Kier alpha value is 0.540. The Morgan fingerprint density at radius 3 is 1.75 bits per heavy atom. The molecule has 0 aliphatic carbocycles. The zero-order valence-corrected chi connectivity index (χ0v) is 8.19. The first kappa shape index (κ1) is 11.4. The van der Waals surface area contributed by atoms with Crippen molar-refractivity contribution in [3.05, 3.63) is 12.8 Å². The predicted octanol–water partition coefficient (Wildman–Crippen LogP) is 1.56. The molecule has 0 N–H and O–H groups in total. The fraction of sp³-hybridized carbons (Fsp3) is 0.667. The SMILES string of the molecule is C=COC(C)(C)C.[Na]. The van der Waals surface area contributed by atoms with Crippen LogP contribution in [0.3, 0.4) is 0 Å². The monoisotopic (exact) mass is 123 g/mol. The summed E-state index contributed by atoms with van der Waals surface area (Å²) in [5.74, 6) is 0. The van der Waals surface area contributed by atoms with Gasteiger partial charge in [-0.3, -0.25) is 0 Å². The van der Waals surface area contributed by atoms with Crippen LogP contribution in [-0.4, -0.2) is 35.2 Å². The normalized spacial score (nSPS) is 9.38. The van der Waals surface area contributed by atoms with Crippen LogP contribution in [0, 0.1) is 0 Å². The molecule has 0 aromatic rings. The average molecular weight is 123 g/mol. The Morgan fingerprint density at radius 2 is 1.75 bits per heavy atom. The number of hydrogen-bond donors (Lipinski definition) is 0. The molecule has 0 aromatic heterocycles. The standard InChI is InChI=1S/C6H12O.Na/c1-5-7-6(2,3)4;/h5H,1H2,2-4H3;. The third-order valence-corrected chi connectivity index (χ3v) is 0.437. The van der Waals surface area contributed by atoms with Crippen molar-refractivity contribution >= 4 is 29.6 Å². The maximum atomic E-state index is 4.99. The Kier molecular flexibility index (Phi) is 6.27. The minimum atomic E-state index is -0.0677. The molecule has 1 nitrogen and oxygen atoms in total. The molecule has 0 saturated carbocycles. The van der Waals surface area contributed by atoms with Gasteiger partial charge in [-0.1, -0.05) is 6.58 Å². The van der Waals surface area contributed by atoms with Gasteiger partial charge in [-0.25, -0.2) is 0 Å². The molecule has 2 heteroatoms. The van der Waals surface area contributed by atoms with Crippen molar-refractivity contribution in [2.24, 2.45) is 0 Å². The van der Waals surface area contributed by atoms with Gasteiger partial charge in [0.15, 0.2) is 0 Å². The van der Waals surface area contributed by atoms with E-state index in [2.05, 4.69) is 6.58 Å². The fourth-order valence-electron chi connectivity index (χ4n) is 0.250. The summed E-state index contributed by atoms with van der Waals surface area (Å²) in [5.41, 5.74) is -0.0677.